The molecule has 0 aliphatic rings. The molecule has 0 bridgehead atoms. The smallest absolute Gasteiger partial charge is 0.254 e. The summed E-state index contributed by atoms with van der Waals surface area (Å²) in [6, 6.07) is 0. The van der Waals surface area contributed by atoms with E-state index in [-0.39, 0.29) is 17.9 Å². The second-order valence-electron chi connectivity index (χ2n) is 3.67. The van der Waals surface area contributed by atoms with Crippen LogP contribution in [0.25, 0.3) is 0 Å². The van der Waals surface area contributed by atoms with Crippen LogP contribution in [-0.2, 0) is 16.1 Å². The summed E-state index contributed by atoms with van der Waals surface area (Å²) in [4.78, 5) is 34.5. The predicted molar refractivity (Wildman–Crippen MR) is 62.4 cm³/mol. The molecule has 1 amide bonds. The summed E-state index contributed by atoms with van der Waals surface area (Å²) in [6.07, 6.45) is 0.558. The van der Waals surface area contributed by atoms with Gasteiger partial charge in [-0.25, -0.2) is 10.5 Å². The van der Waals surface area contributed by atoms with Crippen LogP contribution in [-0.4, -0.2) is 22.5 Å². The third kappa shape index (κ3) is 3.99. The van der Waals surface area contributed by atoms with Gasteiger partial charge >= 0.3 is 0 Å². The Labute approximate surface area is 99.4 Å². The first-order valence-corrected chi connectivity index (χ1v) is 5.51. The fraction of sp³-hybridized carbons (Fsp3) is 0.545. The molecule has 0 aliphatic carbocycles. The van der Waals surface area contributed by atoms with Crippen LogP contribution in [0.15, 0.2) is 4.79 Å². The van der Waals surface area contributed by atoms with E-state index in [0.29, 0.717) is 30.1 Å². The Bertz CT molecular complexity index is 454. The van der Waals surface area contributed by atoms with Crippen molar-refractivity contribution in [2.75, 3.05) is 6.61 Å². The number of hydrogen-bond acceptors (Lipinski definition) is 4. The summed E-state index contributed by atoms with van der Waals surface area (Å²) in [5, 5.41) is 0. The van der Waals surface area contributed by atoms with Crippen molar-refractivity contribution in [1.82, 2.24) is 15.4 Å². The minimum absolute atomic E-state index is 0.181. The highest BCUT2D eigenvalue weighted by atomic mass is 16.6. The second-order valence-corrected chi connectivity index (χ2v) is 3.67. The number of carbonyl (C=O) groups is 1. The average Bonchev–Trinajstić information content (AvgIpc) is 2.24. The topological polar surface area (TPSA) is 84.1 Å². The number of rotatable bonds is 5. The van der Waals surface area contributed by atoms with E-state index in [2.05, 4.69) is 15.4 Å². The molecule has 6 nitrogen and oxygen atoms in total. The molecule has 0 fully saturated rings. The molecule has 0 spiro atoms. The number of H-pyrrole nitrogens is 1. The molecule has 1 aromatic heterocycles. The predicted octanol–water partition coefficient (Wildman–Crippen LogP) is 0.387. The number of hydroxylamine groups is 1. The molecule has 1 heterocycles. The fourth-order valence-electron chi connectivity index (χ4n) is 1.49. The normalized spacial score (nSPS) is 10.3. The lowest BCUT2D eigenvalue weighted by Crippen LogP contribution is -2.25. The van der Waals surface area contributed by atoms with Crippen LogP contribution in [0.1, 0.15) is 30.4 Å². The lowest BCUT2D eigenvalue weighted by atomic mass is 10.1. The molecule has 1 aromatic rings. The quantitative estimate of drug-likeness (QED) is 0.728. The van der Waals surface area contributed by atoms with Crippen molar-refractivity contribution in [2.24, 2.45) is 0 Å². The van der Waals surface area contributed by atoms with Gasteiger partial charge in [0.15, 0.2) is 0 Å². The molecule has 2 N–H and O–H groups in total. The first kappa shape index (κ1) is 13.4. The summed E-state index contributed by atoms with van der Waals surface area (Å²) >= 11 is 0. The molecule has 0 saturated carbocycles. The molecule has 6 heteroatoms. The minimum Gasteiger partial charge on any atom is -0.311 e. The molecule has 0 atom stereocenters. The van der Waals surface area contributed by atoms with Gasteiger partial charge in [0, 0.05) is 17.7 Å². The third-order valence-electron chi connectivity index (χ3n) is 2.27. The van der Waals surface area contributed by atoms with E-state index < -0.39 is 0 Å². The SMILES string of the molecule is CCONC(=O)CCc1c(C)nc(C)[nH]c1=O. The van der Waals surface area contributed by atoms with Gasteiger partial charge in [-0.05, 0) is 27.2 Å². The number of nitrogens with zero attached hydrogens (tertiary/aromatic N) is 1. The van der Waals surface area contributed by atoms with Gasteiger partial charge in [0.2, 0.25) is 5.91 Å². The molecule has 0 aliphatic heterocycles. The van der Waals surface area contributed by atoms with E-state index in [0.717, 1.165) is 0 Å². The zero-order valence-electron chi connectivity index (χ0n) is 10.3. The van der Waals surface area contributed by atoms with Crippen molar-refractivity contribution in [1.29, 1.82) is 0 Å². The van der Waals surface area contributed by atoms with Crippen molar-refractivity contribution in [2.45, 2.75) is 33.6 Å². The number of nitrogens with one attached hydrogen (secondary N) is 2. The molecule has 0 saturated heterocycles. The number of aryl methyl sites for hydroxylation is 2. The molecule has 0 unspecified atom stereocenters. The molecule has 0 radical (unpaired) electrons. The maximum atomic E-state index is 11.6. The van der Waals surface area contributed by atoms with Gasteiger partial charge in [-0.1, -0.05) is 0 Å². The molecular weight excluding hydrogens is 222 g/mol. The maximum absolute atomic E-state index is 11.6. The third-order valence-corrected chi connectivity index (χ3v) is 2.27. The molecule has 17 heavy (non-hydrogen) atoms. The number of aromatic nitrogens is 2. The number of amides is 1. The Kier molecular flexibility index (Phi) is 4.84. The Morgan fingerprint density at radius 1 is 1.47 bits per heavy atom. The Hall–Kier alpha value is -1.69. The summed E-state index contributed by atoms with van der Waals surface area (Å²) in [6.45, 7) is 5.68. The van der Waals surface area contributed by atoms with Crippen LogP contribution in [0.3, 0.4) is 0 Å². The molecular formula is C11H17N3O3. The standard InChI is InChI=1S/C11H17N3O3/c1-4-17-14-10(15)6-5-9-7(2)12-8(3)13-11(9)16/h4-6H2,1-3H3,(H,14,15)(H,12,13,16). The highest BCUT2D eigenvalue weighted by Gasteiger charge is 2.09. The number of carbonyl (C=O) groups excluding carboxylic acids is 1. The summed E-state index contributed by atoms with van der Waals surface area (Å²) in [5.74, 6) is 0.334. The Morgan fingerprint density at radius 3 is 2.76 bits per heavy atom. The second kappa shape index (κ2) is 6.15. The van der Waals surface area contributed by atoms with Crippen LogP contribution >= 0.6 is 0 Å². The Morgan fingerprint density at radius 2 is 2.18 bits per heavy atom. The van der Waals surface area contributed by atoms with Crippen molar-refractivity contribution in [3.8, 4) is 0 Å². The van der Waals surface area contributed by atoms with E-state index >= 15 is 0 Å². The largest absolute Gasteiger partial charge is 0.311 e. The Balaban J connectivity index is 2.64. The van der Waals surface area contributed by atoms with Crippen molar-refractivity contribution in [3.63, 3.8) is 0 Å². The van der Waals surface area contributed by atoms with Crippen molar-refractivity contribution >= 4 is 5.91 Å². The van der Waals surface area contributed by atoms with Gasteiger partial charge in [-0.3, -0.25) is 14.4 Å². The highest BCUT2D eigenvalue weighted by molar-refractivity contribution is 5.75. The van der Waals surface area contributed by atoms with E-state index in [1.54, 1.807) is 20.8 Å². The molecule has 0 aromatic carbocycles. The fourth-order valence-corrected chi connectivity index (χ4v) is 1.49. The van der Waals surface area contributed by atoms with E-state index in [1.807, 2.05) is 0 Å². The summed E-state index contributed by atoms with van der Waals surface area (Å²) in [7, 11) is 0. The van der Waals surface area contributed by atoms with Gasteiger partial charge in [-0.2, -0.15) is 0 Å². The van der Waals surface area contributed by atoms with Crippen LogP contribution < -0.4 is 11.0 Å². The molecule has 94 valence electrons. The lowest BCUT2D eigenvalue weighted by molar-refractivity contribution is -0.133. The number of hydrogen-bond donors (Lipinski definition) is 2. The van der Waals surface area contributed by atoms with Crippen LogP contribution in [0, 0.1) is 13.8 Å². The van der Waals surface area contributed by atoms with E-state index in [9.17, 15) is 9.59 Å². The van der Waals surface area contributed by atoms with Crippen LogP contribution in [0.4, 0.5) is 0 Å². The van der Waals surface area contributed by atoms with Gasteiger partial charge in [-0.15, -0.1) is 0 Å². The van der Waals surface area contributed by atoms with Crippen molar-refractivity contribution < 1.29 is 9.63 Å². The molecule has 1 rings (SSSR count). The van der Waals surface area contributed by atoms with Crippen LogP contribution in [0.2, 0.25) is 0 Å². The highest BCUT2D eigenvalue weighted by Crippen LogP contribution is 2.02. The average molecular weight is 239 g/mol. The van der Waals surface area contributed by atoms with E-state index in [1.165, 1.54) is 0 Å². The lowest BCUT2D eigenvalue weighted by Gasteiger charge is -2.05. The summed E-state index contributed by atoms with van der Waals surface area (Å²) < 4.78 is 0. The van der Waals surface area contributed by atoms with E-state index in [4.69, 9.17) is 4.84 Å². The number of aromatic amines is 1. The van der Waals surface area contributed by atoms with Crippen LogP contribution in [0.5, 0.6) is 0 Å². The maximum Gasteiger partial charge on any atom is 0.254 e. The first-order valence-electron chi connectivity index (χ1n) is 5.51. The zero-order valence-corrected chi connectivity index (χ0v) is 10.3. The zero-order chi connectivity index (χ0) is 12.8. The monoisotopic (exact) mass is 239 g/mol. The van der Waals surface area contributed by atoms with Crippen molar-refractivity contribution in [3.05, 3.63) is 27.4 Å². The van der Waals surface area contributed by atoms with Gasteiger partial charge in [0.05, 0.1) is 6.61 Å². The minimum atomic E-state index is -0.244. The van der Waals surface area contributed by atoms with Gasteiger partial charge in [0.1, 0.15) is 5.82 Å². The first-order chi connectivity index (χ1) is 8.04. The van der Waals surface area contributed by atoms with Gasteiger partial charge < -0.3 is 4.98 Å². The van der Waals surface area contributed by atoms with Gasteiger partial charge in [0.25, 0.3) is 5.56 Å². The summed E-state index contributed by atoms with van der Waals surface area (Å²) in [5.41, 5.74) is 3.31.